The van der Waals surface area contributed by atoms with Crippen LogP contribution in [0.2, 0.25) is 0 Å². The number of nitrogens with zero attached hydrogens (tertiary/aromatic N) is 4. The van der Waals surface area contributed by atoms with E-state index in [0.29, 0.717) is 34.5 Å². The summed E-state index contributed by atoms with van der Waals surface area (Å²) in [5, 5.41) is 16.5. The van der Waals surface area contributed by atoms with Gasteiger partial charge in [-0.05, 0) is 66.6 Å². The molecule has 0 spiro atoms. The number of carbonyl (C=O) groups is 1. The summed E-state index contributed by atoms with van der Waals surface area (Å²) in [5.41, 5.74) is 10.1. The van der Waals surface area contributed by atoms with E-state index in [1.807, 2.05) is 19.1 Å². The van der Waals surface area contributed by atoms with Gasteiger partial charge in [-0.15, -0.1) is 0 Å². The molecule has 4 aromatic rings. The van der Waals surface area contributed by atoms with Crippen molar-refractivity contribution in [3.63, 3.8) is 0 Å². The molecule has 0 aliphatic heterocycles. The van der Waals surface area contributed by atoms with Crippen LogP contribution in [0.1, 0.15) is 43.1 Å². The minimum atomic E-state index is -0.967. The summed E-state index contributed by atoms with van der Waals surface area (Å²) in [6.07, 6.45) is 6.10. The van der Waals surface area contributed by atoms with Crippen LogP contribution in [0.15, 0.2) is 33.4 Å². The number of aliphatic carboxylic acids is 1. The minimum Gasteiger partial charge on any atom is -0.550 e. The molecule has 0 unspecified atom stereocenters. The van der Waals surface area contributed by atoms with Crippen LogP contribution in [0, 0.1) is 12.8 Å². The molecule has 0 bridgehead atoms. The quantitative estimate of drug-likeness (QED) is 0.406. The van der Waals surface area contributed by atoms with Crippen molar-refractivity contribution in [2.24, 2.45) is 5.92 Å². The van der Waals surface area contributed by atoms with Crippen LogP contribution < -0.4 is 40.4 Å². The SMILES string of the molecule is Cc1cc2cc(-c3cnn4c(N)c(Br)c(C5CCC(C(=O)[O-])CC5)nc34)cnc2o1.[Na+]. The standard InChI is InChI=1S/C21H20BrN5O3.Na/c1-10-6-13-7-14(8-24-20(13)30-10)15-9-25-27-18(23)16(22)17(26-19(15)27)11-2-4-12(5-3-11)21(28)29;/h6-9,11-12H,2-5,23H2,1H3,(H,28,29);/q;+1/p-1. The van der Waals surface area contributed by atoms with Crippen molar-refractivity contribution in [3.05, 3.63) is 40.5 Å². The maximum atomic E-state index is 11.2. The number of nitrogens with two attached hydrogens (primary N) is 1. The molecule has 4 heterocycles. The second kappa shape index (κ2) is 8.54. The number of aromatic nitrogens is 4. The van der Waals surface area contributed by atoms with Crippen LogP contribution in [-0.4, -0.2) is 25.6 Å². The smallest absolute Gasteiger partial charge is 0.550 e. The maximum absolute atomic E-state index is 11.2. The zero-order valence-corrected chi connectivity index (χ0v) is 20.8. The third-order valence-corrected chi connectivity index (χ3v) is 6.71. The molecule has 10 heteroatoms. The molecule has 1 fully saturated rings. The Hall–Kier alpha value is -1.94. The number of furan rings is 1. The molecule has 1 aliphatic carbocycles. The summed E-state index contributed by atoms with van der Waals surface area (Å²) in [7, 11) is 0. The predicted octanol–water partition coefficient (Wildman–Crippen LogP) is 0.218. The molecule has 8 nitrogen and oxygen atoms in total. The zero-order valence-electron chi connectivity index (χ0n) is 17.3. The molecule has 2 N–H and O–H groups in total. The molecule has 0 amide bonds. The number of aryl methyl sites for hydroxylation is 1. The largest absolute Gasteiger partial charge is 1.00 e. The molecule has 0 atom stereocenters. The summed E-state index contributed by atoms with van der Waals surface area (Å²) in [5.74, 6) is 0.0441. The summed E-state index contributed by atoms with van der Waals surface area (Å²) in [6, 6.07) is 3.94. The first-order chi connectivity index (χ1) is 14.4. The molecule has 154 valence electrons. The van der Waals surface area contributed by atoms with Gasteiger partial charge in [-0.25, -0.2) is 9.97 Å². The van der Waals surface area contributed by atoms with E-state index in [0.717, 1.165) is 40.8 Å². The van der Waals surface area contributed by atoms with Gasteiger partial charge in [0.05, 0.1) is 16.4 Å². The number of rotatable bonds is 3. The first kappa shape index (κ1) is 22.3. The van der Waals surface area contributed by atoms with Crippen molar-refractivity contribution in [2.45, 2.75) is 38.5 Å². The van der Waals surface area contributed by atoms with E-state index in [1.54, 1.807) is 16.9 Å². The third-order valence-electron chi connectivity index (χ3n) is 5.90. The van der Waals surface area contributed by atoms with Gasteiger partial charge in [0.2, 0.25) is 5.71 Å². The van der Waals surface area contributed by atoms with Gasteiger partial charge in [0.15, 0.2) is 5.65 Å². The number of nitrogen functional groups attached to an aromatic ring is 1. The van der Waals surface area contributed by atoms with Crippen molar-refractivity contribution < 1.29 is 43.9 Å². The molecule has 1 saturated carbocycles. The Morgan fingerprint density at radius 2 is 2.00 bits per heavy atom. The Balaban J connectivity index is 0.00000231. The number of hydrogen-bond donors (Lipinski definition) is 1. The van der Waals surface area contributed by atoms with Gasteiger partial charge in [-0.2, -0.15) is 9.61 Å². The molecule has 1 aliphatic rings. The molecular formula is C21H19BrN5NaO3. The number of carboxylic acids is 1. The summed E-state index contributed by atoms with van der Waals surface area (Å²) >= 11 is 3.58. The fourth-order valence-corrected chi connectivity index (χ4v) is 4.88. The first-order valence-electron chi connectivity index (χ1n) is 9.82. The van der Waals surface area contributed by atoms with Gasteiger partial charge in [0.25, 0.3) is 0 Å². The average molecular weight is 492 g/mol. The zero-order chi connectivity index (χ0) is 21.0. The van der Waals surface area contributed by atoms with E-state index < -0.39 is 5.97 Å². The van der Waals surface area contributed by atoms with Gasteiger partial charge in [-0.3, -0.25) is 0 Å². The first-order valence-corrected chi connectivity index (χ1v) is 10.6. The van der Waals surface area contributed by atoms with Crippen molar-refractivity contribution >= 4 is 44.5 Å². The number of fused-ring (bicyclic) bond motifs is 2. The van der Waals surface area contributed by atoms with E-state index in [-0.39, 0.29) is 41.4 Å². The van der Waals surface area contributed by atoms with Gasteiger partial charge in [0.1, 0.15) is 11.6 Å². The van der Waals surface area contributed by atoms with E-state index in [1.165, 1.54) is 0 Å². The number of hydrogen-bond acceptors (Lipinski definition) is 7. The molecule has 31 heavy (non-hydrogen) atoms. The number of carbonyl (C=O) groups excluding carboxylic acids is 1. The third kappa shape index (κ3) is 3.88. The van der Waals surface area contributed by atoms with Crippen molar-refractivity contribution in [2.75, 3.05) is 5.73 Å². The van der Waals surface area contributed by atoms with Crippen LogP contribution in [0.4, 0.5) is 5.82 Å². The minimum absolute atomic E-state index is 0. The van der Waals surface area contributed by atoms with Gasteiger partial charge < -0.3 is 20.1 Å². The fraction of sp³-hybridized carbons (Fsp3) is 0.333. The number of pyridine rings is 1. The maximum Gasteiger partial charge on any atom is 1.00 e. The fourth-order valence-electron chi connectivity index (χ4n) is 4.30. The Labute approximate surface area is 208 Å². The van der Waals surface area contributed by atoms with E-state index >= 15 is 0 Å². The van der Waals surface area contributed by atoms with Crippen molar-refractivity contribution in [1.29, 1.82) is 0 Å². The van der Waals surface area contributed by atoms with E-state index in [2.05, 4.69) is 26.0 Å². The number of halogens is 1. The molecule has 0 saturated heterocycles. The number of anilines is 1. The summed E-state index contributed by atoms with van der Waals surface area (Å²) in [6.45, 7) is 1.89. The monoisotopic (exact) mass is 491 g/mol. The van der Waals surface area contributed by atoms with Crippen LogP contribution >= 0.6 is 15.9 Å². The predicted molar refractivity (Wildman–Crippen MR) is 113 cm³/mol. The Bertz CT molecular complexity index is 1290. The molecule has 0 aromatic carbocycles. The van der Waals surface area contributed by atoms with Gasteiger partial charge >= 0.3 is 29.6 Å². The molecule has 0 radical (unpaired) electrons. The summed E-state index contributed by atoms with van der Waals surface area (Å²) < 4.78 is 7.89. The Morgan fingerprint density at radius 1 is 1.26 bits per heavy atom. The van der Waals surface area contributed by atoms with Gasteiger partial charge in [0, 0.05) is 34.6 Å². The second-order valence-corrected chi connectivity index (χ2v) is 8.63. The van der Waals surface area contributed by atoms with Crippen molar-refractivity contribution in [1.82, 2.24) is 19.6 Å². The molecule has 4 aromatic heterocycles. The average Bonchev–Trinajstić information content (AvgIpc) is 3.32. The Kier molecular flexibility index (Phi) is 6.13. The van der Waals surface area contributed by atoms with Gasteiger partial charge in [-0.1, -0.05) is 0 Å². The van der Waals surface area contributed by atoms with E-state index in [9.17, 15) is 9.90 Å². The second-order valence-electron chi connectivity index (χ2n) is 7.83. The molecule has 5 rings (SSSR count). The molecular weight excluding hydrogens is 473 g/mol. The Morgan fingerprint density at radius 3 is 2.71 bits per heavy atom. The van der Waals surface area contributed by atoms with Crippen LogP contribution in [0.25, 0.3) is 27.9 Å². The van der Waals surface area contributed by atoms with E-state index in [4.69, 9.17) is 15.1 Å². The van der Waals surface area contributed by atoms with Crippen LogP contribution in [-0.2, 0) is 4.79 Å². The topological polar surface area (TPSA) is 122 Å². The summed E-state index contributed by atoms with van der Waals surface area (Å²) in [4.78, 5) is 20.5. The van der Waals surface area contributed by atoms with Crippen LogP contribution in [0.5, 0.6) is 0 Å². The normalized spacial score (nSPS) is 18.9. The number of carboxylic acid groups (broad SMARTS) is 1. The van der Waals surface area contributed by atoms with Crippen LogP contribution in [0.3, 0.4) is 0 Å². The van der Waals surface area contributed by atoms with Crippen molar-refractivity contribution in [3.8, 4) is 11.1 Å².